The van der Waals surface area contributed by atoms with Gasteiger partial charge >= 0.3 is 5.76 Å². The maximum atomic E-state index is 13.6. The largest absolute Gasteiger partial charge is 0.419 e. The highest BCUT2D eigenvalue weighted by atomic mass is 32.2. The van der Waals surface area contributed by atoms with Crippen LogP contribution in [0.3, 0.4) is 0 Å². The van der Waals surface area contributed by atoms with Crippen molar-refractivity contribution in [1.82, 2.24) is 13.8 Å². The van der Waals surface area contributed by atoms with E-state index in [-0.39, 0.29) is 22.9 Å². The fourth-order valence-corrected chi connectivity index (χ4v) is 7.44. The predicted octanol–water partition coefficient (Wildman–Crippen LogP) is 1.06. The van der Waals surface area contributed by atoms with Gasteiger partial charge in [-0.05, 0) is 50.8 Å². The number of rotatable bonds is 2. The molecule has 2 bridgehead atoms. The number of aryl methyl sites for hydroxylation is 1. The van der Waals surface area contributed by atoms with Crippen LogP contribution in [0.15, 0.2) is 32.3 Å². The standard InChI is InChI=1S/C20H25N3O6S/c1-12-18(24)21(2)11-20(29-12)9-13-4-5-14(10-20)23(13)30(26,27)15-6-7-17-16(8-15)22(3)19(25)28-17/h6-8,12-14H,4-5,9-11H2,1-3H3. The van der Waals surface area contributed by atoms with Crippen molar-refractivity contribution in [1.29, 1.82) is 0 Å². The summed E-state index contributed by atoms with van der Waals surface area (Å²) < 4.78 is 41.3. The summed E-state index contributed by atoms with van der Waals surface area (Å²) in [4.78, 5) is 25.8. The van der Waals surface area contributed by atoms with Crippen LogP contribution < -0.4 is 5.76 Å². The molecule has 1 spiro atoms. The fourth-order valence-electron chi connectivity index (χ4n) is 5.55. The van der Waals surface area contributed by atoms with E-state index in [1.54, 1.807) is 30.2 Å². The average molecular weight is 436 g/mol. The van der Waals surface area contributed by atoms with Crippen LogP contribution in [0, 0.1) is 0 Å². The molecule has 30 heavy (non-hydrogen) atoms. The lowest BCUT2D eigenvalue weighted by atomic mass is 9.85. The molecule has 0 N–H and O–H groups in total. The van der Waals surface area contributed by atoms with Crippen LogP contribution in [-0.4, -0.2) is 65.5 Å². The number of carbonyl (C=O) groups excluding carboxylic acids is 1. The lowest BCUT2D eigenvalue weighted by Crippen LogP contribution is -2.63. The van der Waals surface area contributed by atoms with Crippen LogP contribution in [0.5, 0.6) is 0 Å². The third kappa shape index (κ3) is 2.77. The second-order valence-electron chi connectivity index (χ2n) is 8.82. The first-order valence-electron chi connectivity index (χ1n) is 10.2. The van der Waals surface area contributed by atoms with Gasteiger partial charge in [-0.1, -0.05) is 0 Å². The van der Waals surface area contributed by atoms with Crippen molar-refractivity contribution in [2.75, 3.05) is 13.6 Å². The van der Waals surface area contributed by atoms with Gasteiger partial charge in [-0.15, -0.1) is 0 Å². The molecule has 5 rings (SSSR count). The molecule has 9 nitrogen and oxygen atoms in total. The van der Waals surface area contributed by atoms with Crippen molar-refractivity contribution in [2.24, 2.45) is 7.05 Å². The molecule has 3 unspecified atom stereocenters. The SMILES string of the molecule is CC1OC2(CC3CCC(C2)N3S(=O)(=O)c2ccc3oc(=O)n(C)c3c2)CN(C)C1=O. The minimum absolute atomic E-state index is 0.0398. The molecule has 10 heteroatoms. The van der Waals surface area contributed by atoms with Gasteiger partial charge in [-0.25, -0.2) is 13.2 Å². The highest BCUT2D eigenvalue weighted by Crippen LogP contribution is 2.47. The lowest BCUT2D eigenvalue weighted by Gasteiger charge is -2.50. The first-order chi connectivity index (χ1) is 14.1. The predicted molar refractivity (Wildman–Crippen MR) is 107 cm³/mol. The fraction of sp³-hybridized carbons (Fsp3) is 0.600. The molecule has 3 atom stereocenters. The van der Waals surface area contributed by atoms with Gasteiger partial charge in [0, 0.05) is 32.7 Å². The van der Waals surface area contributed by atoms with E-state index >= 15 is 0 Å². The Kier molecular flexibility index (Phi) is 4.23. The van der Waals surface area contributed by atoms with E-state index in [4.69, 9.17) is 9.15 Å². The maximum absolute atomic E-state index is 13.6. The maximum Gasteiger partial charge on any atom is 0.419 e. The van der Waals surface area contributed by atoms with Crippen molar-refractivity contribution in [3.63, 3.8) is 0 Å². The van der Waals surface area contributed by atoms with Crippen LogP contribution in [-0.2, 0) is 26.6 Å². The Bertz CT molecular complexity index is 1170. The first-order valence-corrected chi connectivity index (χ1v) is 11.6. The summed E-state index contributed by atoms with van der Waals surface area (Å²) in [5, 5.41) is 0. The molecule has 0 saturated carbocycles. The Morgan fingerprint density at radius 3 is 2.40 bits per heavy atom. The van der Waals surface area contributed by atoms with E-state index in [2.05, 4.69) is 0 Å². The first kappa shape index (κ1) is 19.8. The van der Waals surface area contributed by atoms with Gasteiger partial charge in [0.15, 0.2) is 5.58 Å². The molecule has 3 aliphatic heterocycles. The van der Waals surface area contributed by atoms with Gasteiger partial charge in [-0.2, -0.15) is 4.31 Å². The van der Waals surface area contributed by atoms with E-state index < -0.39 is 27.5 Å². The van der Waals surface area contributed by atoms with Gasteiger partial charge in [0.25, 0.3) is 5.91 Å². The Morgan fingerprint density at radius 2 is 1.77 bits per heavy atom. The molecular weight excluding hydrogens is 410 g/mol. The Hall–Kier alpha value is -2.17. The summed E-state index contributed by atoms with van der Waals surface area (Å²) in [6.07, 6.45) is 2.16. The number of benzene rings is 1. The van der Waals surface area contributed by atoms with Gasteiger partial charge in [0.05, 0.1) is 16.0 Å². The smallest absolute Gasteiger partial charge is 0.408 e. The van der Waals surface area contributed by atoms with Crippen LogP contribution in [0.2, 0.25) is 0 Å². The number of likely N-dealkylation sites (N-methyl/N-ethyl adjacent to an activating group) is 1. The van der Waals surface area contributed by atoms with Crippen LogP contribution in [0.25, 0.3) is 11.1 Å². The molecule has 162 valence electrons. The second-order valence-corrected chi connectivity index (χ2v) is 10.7. The van der Waals surface area contributed by atoms with Crippen molar-refractivity contribution in [2.45, 2.75) is 61.3 Å². The number of aromatic nitrogens is 1. The number of amides is 1. The summed E-state index contributed by atoms with van der Waals surface area (Å²) in [6, 6.07) is 4.18. The third-order valence-corrected chi connectivity index (χ3v) is 8.78. The van der Waals surface area contributed by atoms with Crippen molar-refractivity contribution in [3.05, 3.63) is 28.7 Å². The van der Waals surface area contributed by atoms with Gasteiger partial charge in [-0.3, -0.25) is 9.36 Å². The molecular formula is C20H25N3O6S. The molecule has 3 fully saturated rings. The van der Waals surface area contributed by atoms with Crippen LogP contribution >= 0.6 is 0 Å². The number of ether oxygens (including phenoxy) is 1. The quantitative estimate of drug-likeness (QED) is 0.699. The molecule has 2 aromatic rings. The van der Waals surface area contributed by atoms with Crippen molar-refractivity contribution < 1.29 is 22.4 Å². The minimum atomic E-state index is -3.75. The van der Waals surface area contributed by atoms with Gasteiger partial charge < -0.3 is 14.1 Å². The van der Waals surface area contributed by atoms with E-state index in [1.807, 2.05) is 0 Å². The Morgan fingerprint density at radius 1 is 1.10 bits per heavy atom. The molecule has 1 aromatic carbocycles. The van der Waals surface area contributed by atoms with Crippen molar-refractivity contribution in [3.8, 4) is 0 Å². The summed E-state index contributed by atoms with van der Waals surface area (Å²) in [6.45, 7) is 2.25. The zero-order chi connectivity index (χ0) is 21.4. The monoisotopic (exact) mass is 435 g/mol. The average Bonchev–Trinajstić information content (AvgIpc) is 3.14. The molecule has 1 aromatic heterocycles. The van der Waals surface area contributed by atoms with E-state index in [0.29, 0.717) is 30.5 Å². The molecule has 3 saturated heterocycles. The number of hydrogen-bond acceptors (Lipinski definition) is 6. The molecule has 4 heterocycles. The summed E-state index contributed by atoms with van der Waals surface area (Å²) >= 11 is 0. The summed E-state index contributed by atoms with van der Waals surface area (Å²) in [5.74, 6) is -0.566. The zero-order valence-corrected chi connectivity index (χ0v) is 18.0. The normalized spacial score (nSPS) is 32.4. The molecule has 3 aliphatic rings. The van der Waals surface area contributed by atoms with E-state index in [9.17, 15) is 18.0 Å². The number of oxazole rings is 1. The zero-order valence-electron chi connectivity index (χ0n) is 17.2. The highest BCUT2D eigenvalue weighted by Gasteiger charge is 2.56. The number of morpholine rings is 1. The molecule has 0 aliphatic carbocycles. The van der Waals surface area contributed by atoms with Gasteiger partial charge in [0.1, 0.15) is 6.10 Å². The van der Waals surface area contributed by atoms with Crippen LogP contribution in [0.1, 0.15) is 32.6 Å². The Balaban J connectivity index is 1.48. The number of nitrogens with zero attached hydrogens (tertiary/aromatic N) is 3. The van der Waals surface area contributed by atoms with E-state index in [1.165, 1.54) is 22.8 Å². The molecule has 0 radical (unpaired) electrons. The second kappa shape index (κ2) is 6.41. The van der Waals surface area contributed by atoms with E-state index in [0.717, 1.165) is 12.8 Å². The minimum Gasteiger partial charge on any atom is -0.408 e. The lowest BCUT2D eigenvalue weighted by molar-refractivity contribution is -0.189. The van der Waals surface area contributed by atoms with Gasteiger partial charge in [0.2, 0.25) is 10.0 Å². The number of piperidine rings is 1. The summed E-state index contributed by atoms with van der Waals surface area (Å²) in [7, 11) is -0.420. The van der Waals surface area contributed by atoms with Crippen molar-refractivity contribution >= 4 is 27.0 Å². The number of fused-ring (bicyclic) bond motifs is 3. The molecule has 1 amide bonds. The number of hydrogen-bond donors (Lipinski definition) is 0. The Labute approximate surface area is 174 Å². The summed E-state index contributed by atoms with van der Waals surface area (Å²) in [5.41, 5.74) is 0.309. The number of sulfonamides is 1. The number of carbonyl (C=O) groups is 1. The van der Waals surface area contributed by atoms with Crippen LogP contribution in [0.4, 0.5) is 0 Å². The topological polar surface area (TPSA) is 102 Å². The highest BCUT2D eigenvalue weighted by molar-refractivity contribution is 7.89. The third-order valence-electron chi connectivity index (χ3n) is 6.78.